The molecule has 8 heteroatoms. The quantitative estimate of drug-likeness (QED) is 0.367. The molecule has 0 amide bonds. The molecule has 0 saturated carbocycles. The van der Waals surface area contributed by atoms with Gasteiger partial charge in [0.2, 0.25) is 0 Å². The first-order valence-corrected chi connectivity index (χ1v) is 6.54. The van der Waals surface area contributed by atoms with E-state index < -0.39 is 4.92 Å². The van der Waals surface area contributed by atoms with Crippen molar-refractivity contribution in [1.82, 2.24) is 14.5 Å². The van der Waals surface area contributed by atoms with E-state index in [-0.39, 0.29) is 10.8 Å². The third kappa shape index (κ3) is 4.20. The first-order chi connectivity index (χ1) is 9.65. The summed E-state index contributed by atoms with van der Waals surface area (Å²) in [6.07, 6.45) is 7.32. The minimum Gasteiger partial charge on any atom is -0.370 e. The smallest absolute Gasteiger partial charge is 0.276 e. The number of hydrogen-bond donors (Lipinski definition) is 1. The fraction of sp³-hybridized carbons (Fsp3) is 0.333. The van der Waals surface area contributed by atoms with E-state index in [1.807, 2.05) is 10.8 Å². The van der Waals surface area contributed by atoms with Crippen molar-refractivity contribution in [3.8, 4) is 0 Å². The molecule has 0 atom stereocenters. The van der Waals surface area contributed by atoms with E-state index in [1.165, 1.54) is 12.1 Å². The molecule has 0 fully saturated rings. The standard InChI is InChI=1S/C12H14ClN5O2/c13-11-7-10(18(19)20)8-12(16-11)15-3-1-2-5-17-6-4-14-9-17/h4,6-9H,1-3,5H2,(H,15,16). The maximum atomic E-state index is 10.7. The molecule has 2 aromatic heterocycles. The van der Waals surface area contributed by atoms with Crippen LogP contribution in [0.15, 0.2) is 30.9 Å². The predicted octanol–water partition coefficient (Wildman–Crippen LogP) is 2.73. The molecule has 7 nitrogen and oxygen atoms in total. The molecule has 2 rings (SSSR count). The second-order valence-electron chi connectivity index (χ2n) is 4.22. The summed E-state index contributed by atoms with van der Waals surface area (Å²) in [5.74, 6) is 0.423. The summed E-state index contributed by atoms with van der Waals surface area (Å²) in [7, 11) is 0. The highest BCUT2D eigenvalue weighted by atomic mass is 35.5. The van der Waals surface area contributed by atoms with E-state index >= 15 is 0 Å². The van der Waals surface area contributed by atoms with Crippen molar-refractivity contribution in [2.75, 3.05) is 11.9 Å². The van der Waals surface area contributed by atoms with Crippen LogP contribution in [0.5, 0.6) is 0 Å². The molecule has 0 unspecified atom stereocenters. The van der Waals surface area contributed by atoms with E-state index in [2.05, 4.69) is 15.3 Å². The number of nitrogens with zero attached hydrogens (tertiary/aromatic N) is 4. The van der Waals surface area contributed by atoms with Crippen LogP contribution in [-0.4, -0.2) is 26.0 Å². The van der Waals surface area contributed by atoms with Crippen molar-refractivity contribution in [3.63, 3.8) is 0 Å². The third-order valence-corrected chi connectivity index (χ3v) is 2.89. The number of aromatic nitrogens is 3. The molecule has 20 heavy (non-hydrogen) atoms. The molecule has 0 spiro atoms. The van der Waals surface area contributed by atoms with Gasteiger partial charge < -0.3 is 9.88 Å². The van der Waals surface area contributed by atoms with Gasteiger partial charge in [-0.3, -0.25) is 10.1 Å². The second kappa shape index (κ2) is 6.85. The van der Waals surface area contributed by atoms with Gasteiger partial charge in [0, 0.05) is 25.5 Å². The zero-order chi connectivity index (χ0) is 14.4. The fourth-order valence-electron chi connectivity index (χ4n) is 1.73. The minimum atomic E-state index is -0.488. The van der Waals surface area contributed by atoms with Crippen LogP contribution < -0.4 is 5.32 Å². The molecule has 0 aliphatic carbocycles. The van der Waals surface area contributed by atoms with Crippen LogP contribution in [0.2, 0.25) is 5.15 Å². The van der Waals surface area contributed by atoms with Crippen LogP contribution in [0.4, 0.5) is 11.5 Å². The third-order valence-electron chi connectivity index (χ3n) is 2.70. The van der Waals surface area contributed by atoms with E-state index in [0.717, 1.165) is 19.4 Å². The summed E-state index contributed by atoms with van der Waals surface area (Å²) in [5, 5.41) is 13.8. The number of halogens is 1. The van der Waals surface area contributed by atoms with Gasteiger partial charge in [0.05, 0.1) is 23.4 Å². The van der Waals surface area contributed by atoms with Gasteiger partial charge in [-0.15, -0.1) is 0 Å². The van der Waals surface area contributed by atoms with E-state index in [9.17, 15) is 10.1 Å². The maximum absolute atomic E-state index is 10.7. The zero-order valence-corrected chi connectivity index (χ0v) is 11.5. The van der Waals surface area contributed by atoms with Gasteiger partial charge in [-0.05, 0) is 12.8 Å². The number of pyridine rings is 1. The topological polar surface area (TPSA) is 85.9 Å². The zero-order valence-electron chi connectivity index (χ0n) is 10.7. The van der Waals surface area contributed by atoms with Crippen LogP contribution in [0.1, 0.15) is 12.8 Å². The molecule has 0 aliphatic rings. The minimum absolute atomic E-state index is 0.0640. The van der Waals surface area contributed by atoms with Crippen LogP contribution in [0.25, 0.3) is 0 Å². The molecule has 2 heterocycles. The Hall–Kier alpha value is -2.15. The van der Waals surface area contributed by atoms with Gasteiger partial charge >= 0.3 is 0 Å². The van der Waals surface area contributed by atoms with Crippen molar-refractivity contribution < 1.29 is 4.92 Å². The number of nitro groups is 1. The largest absolute Gasteiger partial charge is 0.370 e. The van der Waals surface area contributed by atoms with Gasteiger partial charge in [0.25, 0.3) is 5.69 Å². The van der Waals surface area contributed by atoms with Gasteiger partial charge in [0.15, 0.2) is 0 Å². The normalized spacial score (nSPS) is 10.4. The van der Waals surface area contributed by atoms with Crippen LogP contribution in [0, 0.1) is 10.1 Å². The van der Waals surface area contributed by atoms with Gasteiger partial charge in [-0.1, -0.05) is 11.6 Å². The van der Waals surface area contributed by atoms with Crippen LogP contribution >= 0.6 is 11.6 Å². The van der Waals surface area contributed by atoms with Crippen molar-refractivity contribution >= 4 is 23.1 Å². The first-order valence-electron chi connectivity index (χ1n) is 6.17. The second-order valence-corrected chi connectivity index (χ2v) is 4.61. The monoisotopic (exact) mass is 295 g/mol. The first kappa shape index (κ1) is 14.3. The Labute approximate surface area is 120 Å². The summed E-state index contributed by atoms with van der Waals surface area (Å²) in [5.41, 5.74) is -0.0640. The van der Waals surface area contributed by atoms with Gasteiger partial charge in [-0.2, -0.15) is 0 Å². The molecule has 2 aromatic rings. The Kier molecular flexibility index (Phi) is 4.89. The summed E-state index contributed by atoms with van der Waals surface area (Å²) < 4.78 is 2.00. The van der Waals surface area contributed by atoms with Crippen molar-refractivity contribution in [3.05, 3.63) is 46.1 Å². The summed E-state index contributed by atoms with van der Waals surface area (Å²) in [6, 6.07) is 2.60. The lowest BCUT2D eigenvalue weighted by Crippen LogP contribution is -2.05. The fourth-order valence-corrected chi connectivity index (χ4v) is 1.94. The summed E-state index contributed by atoms with van der Waals surface area (Å²) >= 11 is 5.74. The maximum Gasteiger partial charge on any atom is 0.276 e. The lowest BCUT2D eigenvalue weighted by molar-refractivity contribution is -0.384. The van der Waals surface area contributed by atoms with E-state index in [0.29, 0.717) is 12.4 Å². The number of rotatable bonds is 7. The highest BCUT2D eigenvalue weighted by Gasteiger charge is 2.09. The molecule has 0 aromatic carbocycles. The molecule has 0 radical (unpaired) electrons. The van der Waals surface area contributed by atoms with Gasteiger partial charge in [-0.25, -0.2) is 9.97 Å². The van der Waals surface area contributed by atoms with E-state index in [4.69, 9.17) is 11.6 Å². The number of anilines is 1. The Balaban J connectivity index is 1.77. The number of unbranched alkanes of at least 4 members (excludes halogenated alkanes) is 1. The molecule has 0 saturated heterocycles. The van der Waals surface area contributed by atoms with Crippen LogP contribution in [0.3, 0.4) is 0 Å². The lowest BCUT2D eigenvalue weighted by atomic mass is 10.3. The Morgan fingerprint density at radius 3 is 2.95 bits per heavy atom. The summed E-state index contributed by atoms with van der Waals surface area (Å²) in [4.78, 5) is 18.2. The predicted molar refractivity (Wildman–Crippen MR) is 75.9 cm³/mol. The average Bonchev–Trinajstić information content (AvgIpc) is 2.91. The van der Waals surface area contributed by atoms with Crippen molar-refractivity contribution in [2.45, 2.75) is 19.4 Å². The highest BCUT2D eigenvalue weighted by Crippen LogP contribution is 2.20. The Morgan fingerprint density at radius 1 is 1.40 bits per heavy atom. The molecule has 0 bridgehead atoms. The number of nitrogens with one attached hydrogen (secondary N) is 1. The van der Waals surface area contributed by atoms with Gasteiger partial charge in [0.1, 0.15) is 11.0 Å². The summed E-state index contributed by atoms with van der Waals surface area (Å²) in [6.45, 7) is 1.57. The molecule has 1 N–H and O–H groups in total. The SMILES string of the molecule is O=[N+]([O-])c1cc(Cl)nc(NCCCCn2ccnc2)c1. The van der Waals surface area contributed by atoms with Crippen molar-refractivity contribution in [2.24, 2.45) is 0 Å². The van der Waals surface area contributed by atoms with E-state index in [1.54, 1.807) is 12.5 Å². The molecular weight excluding hydrogens is 282 g/mol. The van der Waals surface area contributed by atoms with Crippen molar-refractivity contribution in [1.29, 1.82) is 0 Å². The average molecular weight is 296 g/mol. The number of hydrogen-bond acceptors (Lipinski definition) is 5. The Bertz CT molecular complexity index is 573. The molecular formula is C12H14ClN5O2. The lowest BCUT2D eigenvalue weighted by Gasteiger charge is -2.06. The van der Waals surface area contributed by atoms with Crippen LogP contribution in [-0.2, 0) is 6.54 Å². The number of aryl methyl sites for hydroxylation is 1. The number of imidazole rings is 1. The molecule has 0 aliphatic heterocycles. The molecule has 106 valence electrons. The highest BCUT2D eigenvalue weighted by molar-refractivity contribution is 6.29. The Morgan fingerprint density at radius 2 is 2.25 bits per heavy atom.